The van der Waals surface area contributed by atoms with Gasteiger partial charge in [-0.05, 0) is 66.7 Å². The van der Waals surface area contributed by atoms with Crippen molar-refractivity contribution in [3.05, 3.63) is 109 Å². The minimum Gasteiger partial charge on any atom is -0.496 e. The molecule has 4 aromatic carbocycles. The van der Waals surface area contributed by atoms with Crippen molar-refractivity contribution in [2.45, 2.75) is 0 Å². The molecular weight excluding hydrogens is 509 g/mol. The summed E-state index contributed by atoms with van der Waals surface area (Å²) in [5.41, 5.74) is 8.19. The van der Waals surface area contributed by atoms with E-state index in [2.05, 4.69) is 20.5 Å². The number of hydrogen-bond donors (Lipinski definition) is 2. The van der Waals surface area contributed by atoms with Crippen molar-refractivity contribution in [2.24, 2.45) is 5.73 Å². The summed E-state index contributed by atoms with van der Waals surface area (Å²) in [6.45, 7) is 0. The summed E-state index contributed by atoms with van der Waals surface area (Å²) in [4.78, 5) is 15.8. The van der Waals surface area contributed by atoms with Crippen LogP contribution in [0.4, 0.5) is 15.9 Å². The lowest BCUT2D eigenvalue weighted by molar-refractivity contribution is 0.100. The number of nitrogens with zero attached hydrogens (tertiary/aromatic N) is 3. The van der Waals surface area contributed by atoms with E-state index in [9.17, 15) is 9.18 Å². The Bertz CT molecular complexity index is 1890. The highest BCUT2D eigenvalue weighted by Gasteiger charge is 2.16. The quantitative estimate of drug-likeness (QED) is 0.238. The number of aromatic nitrogens is 3. The largest absolute Gasteiger partial charge is 0.496 e. The first-order valence-corrected chi connectivity index (χ1v) is 12.3. The molecule has 0 bridgehead atoms. The molecule has 1 amide bonds. The van der Waals surface area contributed by atoms with Crippen LogP contribution >= 0.6 is 0 Å². The minimum atomic E-state index is -0.515. The average Bonchev–Trinajstić information content (AvgIpc) is 2.98. The van der Waals surface area contributed by atoms with E-state index >= 15 is 0 Å². The van der Waals surface area contributed by atoms with Gasteiger partial charge in [0.2, 0.25) is 5.91 Å². The molecular formula is C31H22FN5O3. The fraction of sp³-hybridized carbons (Fsp3) is 0.0323. The third-order valence-electron chi connectivity index (χ3n) is 6.44. The Kier molecular flexibility index (Phi) is 6.37. The van der Waals surface area contributed by atoms with Crippen molar-refractivity contribution in [1.82, 2.24) is 15.2 Å². The summed E-state index contributed by atoms with van der Waals surface area (Å²) >= 11 is 0. The Labute approximate surface area is 228 Å². The number of benzene rings is 4. The second kappa shape index (κ2) is 10.3. The molecule has 2 heterocycles. The monoisotopic (exact) mass is 531 g/mol. The number of nitrogens with one attached hydrogen (secondary N) is 1. The third kappa shape index (κ3) is 4.71. The van der Waals surface area contributed by atoms with Gasteiger partial charge in [0.05, 0.1) is 12.6 Å². The van der Waals surface area contributed by atoms with Crippen LogP contribution in [0.25, 0.3) is 32.9 Å². The lowest BCUT2D eigenvalue weighted by atomic mass is 10.0. The number of methoxy groups -OCH3 is 1. The van der Waals surface area contributed by atoms with Gasteiger partial charge in [-0.3, -0.25) is 9.78 Å². The number of halogens is 1. The number of carbonyl (C=O) groups excluding carboxylic acids is 1. The Morgan fingerprint density at radius 1 is 0.850 bits per heavy atom. The first-order chi connectivity index (χ1) is 19.5. The summed E-state index contributed by atoms with van der Waals surface area (Å²) in [7, 11) is 1.53. The van der Waals surface area contributed by atoms with Crippen LogP contribution < -0.4 is 20.5 Å². The maximum atomic E-state index is 14.1. The second-order valence-corrected chi connectivity index (χ2v) is 8.94. The summed E-state index contributed by atoms with van der Waals surface area (Å²) in [6.07, 6.45) is 1.62. The maximum Gasteiger partial charge on any atom is 0.248 e. The molecule has 0 saturated carbocycles. The second-order valence-electron chi connectivity index (χ2n) is 8.94. The summed E-state index contributed by atoms with van der Waals surface area (Å²) in [6, 6.07) is 26.1. The predicted molar refractivity (Wildman–Crippen MR) is 152 cm³/mol. The van der Waals surface area contributed by atoms with Gasteiger partial charge in [-0.15, -0.1) is 10.2 Å². The molecule has 196 valence electrons. The van der Waals surface area contributed by atoms with E-state index in [1.165, 1.54) is 19.2 Å². The van der Waals surface area contributed by atoms with Gasteiger partial charge in [-0.1, -0.05) is 24.3 Å². The molecule has 0 radical (unpaired) electrons. The SMILES string of the molecule is COc1ccc(F)cc1-c1nnc(Nc2ccc(Oc3ccnc4cc(C(N)=O)ccc34)cc2)c2ccccc12. The van der Waals surface area contributed by atoms with Gasteiger partial charge in [-0.2, -0.15) is 0 Å². The van der Waals surface area contributed by atoms with Crippen LogP contribution in [0.1, 0.15) is 10.4 Å². The fourth-order valence-electron chi connectivity index (χ4n) is 4.49. The Hall–Kier alpha value is -5.57. The van der Waals surface area contributed by atoms with E-state index < -0.39 is 5.91 Å². The van der Waals surface area contributed by atoms with Gasteiger partial charge in [0.1, 0.15) is 28.8 Å². The predicted octanol–water partition coefficient (Wildman–Crippen LogP) is 6.63. The zero-order valence-electron chi connectivity index (χ0n) is 21.3. The molecule has 2 aromatic heterocycles. The lowest BCUT2D eigenvalue weighted by Gasteiger charge is -2.14. The molecule has 0 aliphatic heterocycles. The fourth-order valence-corrected chi connectivity index (χ4v) is 4.49. The van der Waals surface area contributed by atoms with Crippen molar-refractivity contribution in [2.75, 3.05) is 12.4 Å². The van der Waals surface area contributed by atoms with E-state index in [1.807, 2.05) is 48.5 Å². The highest BCUT2D eigenvalue weighted by Crippen LogP contribution is 2.36. The van der Waals surface area contributed by atoms with Crippen LogP contribution in [-0.4, -0.2) is 28.2 Å². The van der Waals surface area contributed by atoms with Gasteiger partial charge in [0, 0.05) is 39.2 Å². The number of amides is 1. The number of pyridine rings is 1. The molecule has 0 spiro atoms. The molecule has 0 atom stereocenters. The van der Waals surface area contributed by atoms with Crippen LogP contribution in [-0.2, 0) is 0 Å². The first kappa shape index (κ1) is 24.7. The molecule has 0 unspecified atom stereocenters. The van der Waals surface area contributed by atoms with E-state index in [0.29, 0.717) is 45.4 Å². The van der Waals surface area contributed by atoms with Crippen molar-refractivity contribution in [3.63, 3.8) is 0 Å². The van der Waals surface area contributed by atoms with E-state index in [4.69, 9.17) is 15.2 Å². The Balaban J connectivity index is 1.28. The third-order valence-corrected chi connectivity index (χ3v) is 6.44. The van der Waals surface area contributed by atoms with E-state index in [0.717, 1.165) is 21.8 Å². The first-order valence-electron chi connectivity index (χ1n) is 12.3. The number of fused-ring (bicyclic) bond motifs is 2. The number of nitrogens with two attached hydrogens (primary N) is 1. The van der Waals surface area contributed by atoms with Crippen LogP contribution in [0.5, 0.6) is 17.2 Å². The number of hydrogen-bond acceptors (Lipinski definition) is 7. The molecule has 40 heavy (non-hydrogen) atoms. The van der Waals surface area contributed by atoms with Gasteiger partial charge < -0.3 is 20.5 Å². The molecule has 0 aliphatic rings. The maximum absolute atomic E-state index is 14.1. The minimum absolute atomic E-state index is 0.381. The molecule has 8 nitrogen and oxygen atoms in total. The van der Waals surface area contributed by atoms with Crippen molar-refractivity contribution >= 4 is 39.1 Å². The van der Waals surface area contributed by atoms with Crippen LogP contribution in [0.3, 0.4) is 0 Å². The number of ether oxygens (including phenoxy) is 2. The molecule has 6 rings (SSSR count). The highest BCUT2D eigenvalue weighted by atomic mass is 19.1. The van der Waals surface area contributed by atoms with Gasteiger partial charge in [-0.25, -0.2) is 4.39 Å². The van der Waals surface area contributed by atoms with Crippen LogP contribution in [0.2, 0.25) is 0 Å². The van der Waals surface area contributed by atoms with Crippen LogP contribution in [0, 0.1) is 5.82 Å². The molecule has 9 heteroatoms. The molecule has 0 fully saturated rings. The standard InChI is InChI=1S/C31H22FN5O3/c1-39-27-13-7-19(32)17-25(27)29-22-4-2-3-5-23(22)31(37-36-29)35-20-8-10-21(11-9-20)40-28-14-15-34-26-16-18(30(33)38)6-12-24(26)28/h2-17H,1H3,(H2,33,38)(H,35,37). The normalized spacial score (nSPS) is 10.9. The number of primary amides is 1. The van der Waals surface area contributed by atoms with Crippen molar-refractivity contribution in [1.29, 1.82) is 0 Å². The van der Waals surface area contributed by atoms with Crippen molar-refractivity contribution in [3.8, 4) is 28.5 Å². The van der Waals surface area contributed by atoms with E-state index in [1.54, 1.807) is 36.5 Å². The number of anilines is 2. The number of rotatable bonds is 7. The Morgan fingerprint density at radius 2 is 1.65 bits per heavy atom. The van der Waals surface area contributed by atoms with Crippen molar-refractivity contribution < 1.29 is 18.7 Å². The van der Waals surface area contributed by atoms with Gasteiger partial charge in [0.25, 0.3) is 0 Å². The van der Waals surface area contributed by atoms with Gasteiger partial charge >= 0.3 is 0 Å². The molecule has 0 saturated heterocycles. The summed E-state index contributed by atoms with van der Waals surface area (Å²) in [5.74, 6) is 1.37. The summed E-state index contributed by atoms with van der Waals surface area (Å²) < 4.78 is 25.6. The van der Waals surface area contributed by atoms with Crippen LogP contribution in [0.15, 0.2) is 97.2 Å². The highest BCUT2D eigenvalue weighted by molar-refractivity contribution is 6.01. The smallest absolute Gasteiger partial charge is 0.248 e. The lowest BCUT2D eigenvalue weighted by Crippen LogP contribution is -2.10. The molecule has 0 aliphatic carbocycles. The topological polar surface area (TPSA) is 112 Å². The number of carbonyl (C=O) groups is 1. The van der Waals surface area contributed by atoms with E-state index in [-0.39, 0.29) is 5.82 Å². The summed E-state index contributed by atoms with van der Waals surface area (Å²) in [5, 5.41) is 14.5. The molecule has 3 N–H and O–H groups in total. The Morgan fingerprint density at radius 3 is 2.42 bits per heavy atom. The zero-order chi connectivity index (χ0) is 27.6. The average molecular weight is 532 g/mol. The zero-order valence-corrected chi connectivity index (χ0v) is 21.3. The molecule has 6 aromatic rings. The van der Waals surface area contributed by atoms with Gasteiger partial charge in [0.15, 0.2) is 5.82 Å².